The SMILES string of the molecule is c1ccc(-c2nc3ccccc3n2-c2ccc(-c3cc(-c4cccc5c4sc4ccccc45)cc(-c4nc5ccccc5c5c4sc4ccccc45)c3)cc2)cc1. The van der Waals surface area contributed by atoms with Gasteiger partial charge in [-0.25, -0.2) is 9.97 Å². The van der Waals surface area contributed by atoms with Crippen LogP contribution in [0.1, 0.15) is 0 Å². The summed E-state index contributed by atoms with van der Waals surface area (Å²) in [6, 6.07) is 67.7. The monoisotopic (exact) mass is 761 g/mol. The summed E-state index contributed by atoms with van der Waals surface area (Å²) in [5.41, 5.74) is 12.1. The second-order valence-electron chi connectivity index (χ2n) is 14.5. The maximum Gasteiger partial charge on any atom is 0.145 e. The molecule has 0 radical (unpaired) electrons. The summed E-state index contributed by atoms with van der Waals surface area (Å²) >= 11 is 3.71. The lowest BCUT2D eigenvalue weighted by atomic mass is 9.93. The Morgan fingerprint density at radius 1 is 0.386 bits per heavy atom. The van der Waals surface area contributed by atoms with Crippen LogP contribution in [0.5, 0.6) is 0 Å². The number of benzene rings is 8. The number of imidazole rings is 1. The number of hydrogen-bond donors (Lipinski definition) is 0. The third-order valence-electron chi connectivity index (χ3n) is 11.2. The smallest absolute Gasteiger partial charge is 0.145 e. The highest BCUT2D eigenvalue weighted by atomic mass is 32.1. The summed E-state index contributed by atoms with van der Waals surface area (Å²) in [4.78, 5) is 10.5. The van der Waals surface area contributed by atoms with Gasteiger partial charge >= 0.3 is 0 Å². The molecule has 12 rings (SSSR count). The molecule has 266 valence electrons. The molecule has 4 heterocycles. The van der Waals surface area contributed by atoms with Crippen LogP contribution in [0, 0.1) is 0 Å². The summed E-state index contributed by atoms with van der Waals surface area (Å²) in [5.74, 6) is 0.931. The Hall–Kier alpha value is -6.92. The lowest BCUT2D eigenvalue weighted by molar-refractivity contribution is 1.10. The first-order valence-corrected chi connectivity index (χ1v) is 20.8. The maximum atomic E-state index is 5.45. The fourth-order valence-corrected chi connectivity index (χ4v) is 11.0. The van der Waals surface area contributed by atoms with Crippen LogP contribution in [-0.4, -0.2) is 14.5 Å². The summed E-state index contributed by atoms with van der Waals surface area (Å²) in [6.07, 6.45) is 0. The van der Waals surface area contributed by atoms with Crippen molar-refractivity contribution in [2.75, 3.05) is 0 Å². The van der Waals surface area contributed by atoms with Crippen LogP contribution in [0.2, 0.25) is 0 Å². The average molecular weight is 762 g/mol. The average Bonchev–Trinajstić information content (AvgIpc) is 3.98. The molecule has 0 fully saturated rings. The number of para-hydroxylation sites is 3. The van der Waals surface area contributed by atoms with Crippen molar-refractivity contribution < 1.29 is 0 Å². The maximum absolute atomic E-state index is 5.45. The molecule has 57 heavy (non-hydrogen) atoms. The van der Waals surface area contributed by atoms with Gasteiger partial charge in [0.1, 0.15) is 5.82 Å². The van der Waals surface area contributed by atoms with E-state index < -0.39 is 0 Å². The van der Waals surface area contributed by atoms with E-state index in [4.69, 9.17) is 9.97 Å². The molecule has 0 N–H and O–H groups in total. The van der Waals surface area contributed by atoms with E-state index in [9.17, 15) is 0 Å². The molecule has 12 aromatic rings. The van der Waals surface area contributed by atoms with Crippen LogP contribution < -0.4 is 0 Å². The van der Waals surface area contributed by atoms with E-state index in [2.05, 4.69) is 187 Å². The van der Waals surface area contributed by atoms with Crippen molar-refractivity contribution in [3.63, 3.8) is 0 Å². The number of rotatable bonds is 5. The highest BCUT2D eigenvalue weighted by Crippen LogP contribution is 2.46. The van der Waals surface area contributed by atoms with Crippen LogP contribution in [0.3, 0.4) is 0 Å². The highest BCUT2D eigenvalue weighted by Gasteiger charge is 2.20. The fourth-order valence-electron chi connectivity index (χ4n) is 8.56. The predicted octanol–water partition coefficient (Wildman–Crippen LogP) is 15.0. The number of thiophene rings is 2. The van der Waals surface area contributed by atoms with Gasteiger partial charge in [0.05, 0.1) is 26.9 Å². The molecule has 0 spiro atoms. The van der Waals surface area contributed by atoms with Gasteiger partial charge in [-0.2, -0.15) is 0 Å². The first-order valence-electron chi connectivity index (χ1n) is 19.1. The molecule has 0 saturated carbocycles. The van der Waals surface area contributed by atoms with Crippen molar-refractivity contribution in [1.82, 2.24) is 14.5 Å². The number of pyridine rings is 1. The first kappa shape index (κ1) is 32.3. The van der Waals surface area contributed by atoms with E-state index >= 15 is 0 Å². The fraction of sp³-hybridized carbons (Fsp3) is 0. The molecule has 0 bridgehead atoms. The lowest BCUT2D eigenvalue weighted by Gasteiger charge is -2.14. The number of nitrogens with zero attached hydrogens (tertiary/aromatic N) is 3. The minimum atomic E-state index is 0.931. The van der Waals surface area contributed by atoms with E-state index in [1.54, 1.807) is 0 Å². The summed E-state index contributed by atoms with van der Waals surface area (Å²) < 4.78 is 7.37. The third kappa shape index (κ3) is 5.17. The standard InChI is InChI=1S/C52H31N3S2/c1-2-13-33(14-3-1)52-54-44-21-8-9-22-45(44)55(52)37-27-25-32(26-28-37)34-29-35(38-18-12-19-40-39-15-5-10-23-46(39)56-50(38)40)31-36(30-34)49-51-48(41-16-4-7-20-43(41)53-49)42-17-6-11-24-47(42)57-51/h1-31H. The molecule has 0 atom stereocenters. The van der Waals surface area contributed by atoms with E-state index in [-0.39, 0.29) is 0 Å². The largest absolute Gasteiger partial charge is 0.292 e. The lowest BCUT2D eigenvalue weighted by Crippen LogP contribution is -1.97. The molecule has 0 aliphatic heterocycles. The Labute approximate surface area is 336 Å². The van der Waals surface area contributed by atoms with Gasteiger partial charge in [0.15, 0.2) is 0 Å². The molecule has 3 nitrogen and oxygen atoms in total. The number of hydrogen-bond acceptors (Lipinski definition) is 4. The molecule has 0 unspecified atom stereocenters. The van der Waals surface area contributed by atoms with Gasteiger partial charge in [-0.3, -0.25) is 4.57 Å². The van der Waals surface area contributed by atoms with Crippen LogP contribution in [0.4, 0.5) is 0 Å². The van der Waals surface area contributed by atoms with E-state index in [0.29, 0.717) is 0 Å². The molecule has 0 aliphatic carbocycles. The summed E-state index contributed by atoms with van der Waals surface area (Å²) in [7, 11) is 0. The zero-order chi connectivity index (χ0) is 37.5. The van der Waals surface area contributed by atoms with Crippen LogP contribution in [-0.2, 0) is 0 Å². The Morgan fingerprint density at radius 2 is 1.02 bits per heavy atom. The van der Waals surface area contributed by atoms with Crippen molar-refractivity contribution in [1.29, 1.82) is 0 Å². The van der Waals surface area contributed by atoms with Gasteiger partial charge in [-0.1, -0.05) is 127 Å². The van der Waals surface area contributed by atoms with E-state index in [1.165, 1.54) is 56.9 Å². The normalized spacial score (nSPS) is 11.9. The third-order valence-corrected chi connectivity index (χ3v) is 13.6. The van der Waals surface area contributed by atoms with Crippen molar-refractivity contribution in [2.24, 2.45) is 0 Å². The van der Waals surface area contributed by atoms with Crippen molar-refractivity contribution in [3.8, 4) is 50.6 Å². The molecule has 5 heteroatoms. The van der Waals surface area contributed by atoms with Crippen molar-refractivity contribution in [2.45, 2.75) is 0 Å². The highest BCUT2D eigenvalue weighted by molar-refractivity contribution is 7.26. The first-order chi connectivity index (χ1) is 28.2. The van der Waals surface area contributed by atoms with Crippen LogP contribution in [0.25, 0.3) is 113 Å². The molecule has 8 aromatic carbocycles. The Balaban J connectivity index is 1.09. The number of fused-ring (bicyclic) bond motifs is 9. The Kier molecular flexibility index (Phi) is 7.27. The van der Waals surface area contributed by atoms with Gasteiger partial charge in [0.25, 0.3) is 0 Å². The van der Waals surface area contributed by atoms with E-state index in [1.807, 2.05) is 28.7 Å². The van der Waals surface area contributed by atoms with E-state index in [0.717, 1.165) is 56.0 Å². The molecular formula is C52H31N3S2. The van der Waals surface area contributed by atoms with Crippen molar-refractivity contribution >= 4 is 85.0 Å². The van der Waals surface area contributed by atoms with Gasteiger partial charge in [-0.05, 0) is 82.9 Å². The Morgan fingerprint density at radius 3 is 1.86 bits per heavy atom. The summed E-state index contributed by atoms with van der Waals surface area (Å²) in [5, 5.41) is 6.35. The van der Waals surface area contributed by atoms with Gasteiger partial charge < -0.3 is 0 Å². The Bertz CT molecular complexity index is 3520. The van der Waals surface area contributed by atoms with Crippen LogP contribution in [0.15, 0.2) is 188 Å². The molecule has 0 saturated heterocycles. The van der Waals surface area contributed by atoms with Gasteiger partial charge in [0.2, 0.25) is 0 Å². The zero-order valence-electron chi connectivity index (χ0n) is 30.6. The number of aromatic nitrogens is 3. The molecule has 0 amide bonds. The topological polar surface area (TPSA) is 30.7 Å². The summed E-state index contributed by atoms with van der Waals surface area (Å²) in [6.45, 7) is 0. The molecule has 0 aliphatic rings. The zero-order valence-corrected chi connectivity index (χ0v) is 32.2. The second kappa shape index (κ2) is 12.8. The minimum absolute atomic E-state index is 0.931. The molecular weight excluding hydrogens is 731 g/mol. The predicted molar refractivity (Wildman–Crippen MR) is 244 cm³/mol. The second-order valence-corrected chi connectivity index (χ2v) is 16.6. The quantitative estimate of drug-likeness (QED) is 0.175. The van der Waals surface area contributed by atoms with Gasteiger partial charge in [0, 0.05) is 57.8 Å². The van der Waals surface area contributed by atoms with Gasteiger partial charge in [-0.15, -0.1) is 22.7 Å². The van der Waals surface area contributed by atoms with Crippen LogP contribution >= 0.6 is 22.7 Å². The minimum Gasteiger partial charge on any atom is -0.292 e. The van der Waals surface area contributed by atoms with Crippen molar-refractivity contribution in [3.05, 3.63) is 188 Å². The molecule has 4 aromatic heterocycles.